The minimum Gasteiger partial charge on any atom is -0.388 e. The van der Waals surface area contributed by atoms with Gasteiger partial charge in [0.2, 0.25) is 5.91 Å². The van der Waals surface area contributed by atoms with Crippen LogP contribution >= 0.6 is 0 Å². The van der Waals surface area contributed by atoms with Crippen molar-refractivity contribution >= 4 is 29.1 Å². The van der Waals surface area contributed by atoms with Crippen molar-refractivity contribution in [3.05, 3.63) is 42.2 Å². The van der Waals surface area contributed by atoms with Crippen LogP contribution in [0.15, 0.2) is 36.7 Å². The van der Waals surface area contributed by atoms with Gasteiger partial charge in [-0.2, -0.15) is 5.26 Å². The third-order valence-electron chi connectivity index (χ3n) is 7.11. The highest BCUT2D eigenvalue weighted by molar-refractivity contribution is 6.02. The van der Waals surface area contributed by atoms with Crippen LogP contribution < -0.4 is 10.2 Å². The summed E-state index contributed by atoms with van der Waals surface area (Å²) in [6.45, 7) is 3.20. The lowest BCUT2D eigenvalue weighted by molar-refractivity contribution is -0.123. The number of aliphatic hydroxyl groups is 1. The molecule has 0 radical (unpaired) electrons. The van der Waals surface area contributed by atoms with Gasteiger partial charge in [-0.3, -0.25) is 9.59 Å². The summed E-state index contributed by atoms with van der Waals surface area (Å²) in [6.07, 6.45) is 7.03. The molecule has 5 rings (SSSR count). The molecule has 3 aliphatic rings. The summed E-state index contributed by atoms with van der Waals surface area (Å²) in [6, 6.07) is 9.26. The Morgan fingerprint density at radius 2 is 2.03 bits per heavy atom. The van der Waals surface area contributed by atoms with Gasteiger partial charge in [0.25, 0.3) is 5.91 Å². The van der Waals surface area contributed by atoms with E-state index < -0.39 is 11.0 Å². The number of nitriles is 1. The van der Waals surface area contributed by atoms with Crippen molar-refractivity contribution in [3.8, 4) is 6.07 Å². The van der Waals surface area contributed by atoms with E-state index in [1.807, 2.05) is 0 Å². The first-order valence-electron chi connectivity index (χ1n) is 11.8. The molecule has 176 valence electrons. The maximum atomic E-state index is 13.1. The van der Waals surface area contributed by atoms with Crippen molar-refractivity contribution in [2.75, 3.05) is 29.9 Å². The molecule has 3 fully saturated rings. The van der Waals surface area contributed by atoms with E-state index in [2.05, 4.69) is 21.4 Å². The molecule has 0 spiro atoms. The number of hydrogen-bond donors (Lipinski definition) is 2. The standard InChI is InChI=1S/C25H28N6O3/c1-24(34)8-2-11-30(16-24)22(32)17-3-6-20(28-14-17)29-21-13-19(7-10-27-21)31-12-9-25(15-26,23(31)33)18-4-5-18/h3,6-7,10,13-14,18,34H,2,4-5,8-9,11-12,16H2,1H3,(H,27,28,29)/t24?,25-/m1/s1. The molecule has 9 heteroatoms. The fourth-order valence-electron chi connectivity index (χ4n) is 5.09. The number of β-amino-alcohol motifs (C(OH)–C–C–N with tert-alkyl or cyclic N) is 1. The fraction of sp³-hybridized carbons (Fsp3) is 0.480. The van der Waals surface area contributed by atoms with Crippen molar-refractivity contribution in [3.63, 3.8) is 0 Å². The molecule has 2 atom stereocenters. The second-order valence-electron chi connectivity index (χ2n) is 9.85. The zero-order valence-corrected chi connectivity index (χ0v) is 19.2. The first kappa shape index (κ1) is 22.3. The molecule has 2 amide bonds. The molecule has 4 heterocycles. The van der Waals surface area contributed by atoms with E-state index in [1.54, 1.807) is 47.2 Å². The molecule has 0 bridgehead atoms. The van der Waals surface area contributed by atoms with Gasteiger partial charge < -0.3 is 20.2 Å². The minimum absolute atomic E-state index is 0.118. The maximum absolute atomic E-state index is 13.1. The summed E-state index contributed by atoms with van der Waals surface area (Å²) in [5, 5.41) is 23.1. The van der Waals surface area contributed by atoms with E-state index >= 15 is 0 Å². The molecule has 0 aromatic carbocycles. The molecular formula is C25H28N6O3. The zero-order valence-electron chi connectivity index (χ0n) is 19.2. The van der Waals surface area contributed by atoms with Gasteiger partial charge in [-0.1, -0.05) is 0 Å². The molecular weight excluding hydrogens is 432 g/mol. The highest BCUT2D eigenvalue weighted by Gasteiger charge is 2.56. The highest BCUT2D eigenvalue weighted by Crippen LogP contribution is 2.51. The van der Waals surface area contributed by atoms with Crippen LogP contribution in [-0.4, -0.2) is 57.0 Å². The number of likely N-dealkylation sites (tertiary alicyclic amines) is 1. The Bertz CT molecular complexity index is 1150. The Morgan fingerprint density at radius 3 is 2.71 bits per heavy atom. The Labute approximate surface area is 198 Å². The molecule has 1 unspecified atom stereocenters. The number of carbonyl (C=O) groups is 2. The predicted octanol–water partition coefficient (Wildman–Crippen LogP) is 2.86. The van der Waals surface area contributed by atoms with Gasteiger partial charge in [-0.05, 0) is 63.1 Å². The number of nitrogens with one attached hydrogen (secondary N) is 1. The van der Waals surface area contributed by atoms with Gasteiger partial charge >= 0.3 is 0 Å². The second-order valence-corrected chi connectivity index (χ2v) is 9.85. The van der Waals surface area contributed by atoms with Crippen LogP contribution in [0.4, 0.5) is 17.3 Å². The van der Waals surface area contributed by atoms with Crippen LogP contribution in [0.5, 0.6) is 0 Å². The summed E-state index contributed by atoms with van der Waals surface area (Å²) >= 11 is 0. The van der Waals surface area contributed by atoms with Crippen LogP contribution in [0.25, 0.3) is 0 Å². The largest absolute Gasteiger partial charge is 0.388 e. The number of carbonyl (C=O) groups excluding carboxylic acids is 2. The molecule has 1 saturated carbocycles. The van der Waals surface area contributed by atoms with Crippen molar-refractivity contribution in [1.29, 1.82) is 5.26 Å². The quantitative estimate of drug-likeness (QED) is 0.703. The third-order valence-corrected chi connectivity index (χ3v) is 7.11. The monoisotopic (exact) mass is 460 g/mol. The number of rotatable bonds is 5. The van der Waals surface area contributed by atoms with E-state index in [0.717, 1.165) is 19.3 Å². The molecule has 2 saturated heterocycles. The summed E-state index contributed by atoms with van der Waals surface area (Å²) in [5.41, 5.74) is -0.588. The second kappa shape index (κ2) is 8.37. The number of amides is 2. The Kier molecular flexibility index (Phi) is 5.48. The number of anilines is 3. The smallest absolute Gasteiger partial charge is 0.255 e. The molecule has 2 N–H and O–H groups in total. The van der Waals surface area contributed by atoms with E-state index in [0.29, 0.717) is 55.4 Å². The summed E-state index contributed by atoms with van der Waals surface area (Å²) in [7, 11) is 0. The van der Waals surface area contributed by atoms with Crippen LogP contribution in [-0.2, 0) is 4.79 Å². The fourth-order valence-corrected chi connectivity index (χ4v) is 5.09. The SMILES string of the molecule is CC1(O)CCCN(C(=O)c2ccc(Nc3cc(N4CC[C@@](C#N)(C5CC5)C4=O)ccn3)nc2)C1. The zero-order chi connectivity index (χ0) is 23.9. The van der Waals surface area contributed by atoms with Crippen LogP contribution in [0, 0.1) is 22.7 Å². The average Bonchev–Trinajstić information content (AvgIpc) is 3.62. The van der Waals surface area contributed by atoms with Crippen molar-refractivity contribution in [2.45, 2.75) is 44.6 Å². The highest BCUT2D eigenvalue weighted by atomic mass is 16.3. The minimum atomic E-state index is -0.886. The lowest BCUT2D eigenvalue weighted by atomic mass is 9.83. The molecule has 1 aliphatic carbocycles. The first-order chi connectivity index (χ1) is 16.3. The lowest BCUT2D eigenvalue weighted by Gasteiger charge is -2.36. The summed E-state index contributed by atoms with van der Waals surface area (Å²) in [4.78, 5) is 37.9. The third kappa shape index (κ3) is 4.10. The first-order valence-corrected chi connectivity index (χ1v) is 11.8. The molecule has 9 nitrogen and oxygen atoms in total. The van der Waals surface area contributed by atoms with Gasteiger partial charge in [0, 0.05) is 43.8 Å². The van der Waals surface area contributed by atoms with Crippen molar-refractivity contribution in [2.24, 2.45) is 11.3 Å². The molecule has 2 aromatic heterocycles. The van der Waals surface area contributed by atoms with Gasteiger partial charge in [0.05, 0.1) is 17.2 Å². The van der Waals surface area contributed by atoms with Crippen LogP contribution in [0.3, 0.4) is 0 Å². The van der Waals surface area contributed by atoms with Crippen molar-refractivity contribution in [1.82, 2.24) is 14.9 Å². The molecule has 2 aromatic rings. The molecule has 2 aliphatic heterocycles. The number of pyridine rings is 2. The molecule has 34 heavy (non-hydrogen) atoms. The normalized spacial score (nSPS) is 26.9. The van der Waals surface area contributed by atoms with E-state index in [1.165, 1.54) is 6.20 Å². The topological polar surface area (TPSA) is 122 Å². The maximum Gasteiger partial charge on any atom is 0.255 e. The number of hydrogen-bond acceptors (Lipinski definition) is 7. The summed E-state index contributed by atoms with van der Waals surface area (Å²) in [5.74, 6) is 0.945. The number of piperidine rings is 1. The lowest BCUT2D eigenvalue weighted by Crippen LogP contribution is -2.48. The van der Waals surface area contributed by atoms with E-state index in [9.17, 15) is 20.0 Å². The van der Waals surface area contributed by atoms with Gasteiger partial charge in [-0.25, -0.2) is 9.97 Å². The van der Waals surface area contributed by atoms with Gasteiger partial charge in [0.1, 0.15) is 17.1 Å². The van der Waals surface area contributed by atoms with Crippen molar-refractivity contribution < 1.29 is 14.7 Å². The van der Waals surface area contributed by atoms with E-state index in [4.69, 9.17) is 0 Å². The van der Waals surface area contributed by atoms with Gasteiger partial charge in [-0.15, -0.1) is 0 Å². The Hall–Kier alpha value is -3.51. The van der Waals surface area contributed by atoms with E-state index in [-0.39, 0.29) is 17.7 Å². The number of nitrogens with zero attached hydrogens (tertiary/aromatic N) is 5. The average molecular weight is 461 g/mol. The van der Waals surface area contributed by atoms with Crippen LogP contribution in [0.2, 0.25) is 0 Å². The Balaban J connectivity index is 1.27. The van der Waals surface area contributed by atoms with Crippen LogP contribution in [0.1, 0.15) is 49.4 Å². The van der Waals surface area contributed by atoms with Gasteiger partial charge in [0.15, 0.2) is 0 Å². The predicted molar refractivity (Wildman–Crippen MR) is 125 cm³/mol. The Morgan fingerprint density at radius 1 is 1.21 bits per heavy atom. The summed E-state index contributed by atoms with van der Waals surface area (Å²) < 4.78 is 0. The number of aromatic nitrogens is 2.